The Morgan fingerprint density at radius 3 is 2.77 bits per heavy atom. The van der Waals surface area contributed by atoms with Crippen molar-refractivity contribution in [3.63, 3.8) is 0 Å². The van der Waals surface area contributed by atoms with E-state index in [1.807, 2.05) is 17.0 Å². The molecule has 1 atom stereocenters. The van der Waals surface area contributed by atoms with Crippen LogP contribution in [0.1, 0.15) is 35.4 Å². The number of hydrogen-bond donors (Lipinski definition) is 0. The molecule has 4 heteroatoms. The molecule has 1 aliphatic heterocycles. The van der Waals surface area contributed by atoms with Gasteiger partial charge in [-0.15, -0.1) is 11.8 Å². The van der Waals surface area contributed by atoms with Gasteiger partial charge in [0.05, 0.1) is 12.9 Å². The molecule has 1 unspecified atom stereocenters. The van der Waals surface area contributed by atoms with Crippen LogP contribution in [0.2, 0.25) is 0 Å². The lowest BCUT2D eigenvalue weighted by Gasteiger charge is -2.17. The average Bonchev–Trinajstić information content (AvgIpc) is 3.35. The first-order valence-corrected chi connectivity index (χ1v) is 10.4. The van der Waals surface area contributed by atoms with Gasteiger partial charge in [0, 0.05) is 23.9 Å². The molecule has 0 saturated carbocycles. The van der Waals surface area contributed by atoms with Gasteiger partial charge in [-0.25, -0.2) is 0 Å². The van der Waals surface area contributed by atoms with Gasteiger partial charge in [-0.05, 0) is 66.6 Å². The van der Waals surface area contributed by atoms with E-state index in [9.17, 15) is 4.79 Å². The Hall–Kier alpha value is -1.94. The average molecular weight is 368 g/mol. The largest absolute Gasteiger partial charge is 0.497 e. The SMILES string of the molecule is COc1ccc(C2CCN(C(=O)CSc3ccc4c(c3)CCC4)C2)cc1. The molecule has 1 heterocycles. The van der Waals surface area contributed by atoms with Gasteiger partial charge >= 0.3 is 0 Å². The van der Waals surface area contributed by atoms with E-state index >= 15 is 0 Å². The highest BCUT2D eigenvalue weighted by molar-refractivity contribution is 8.00. The summed E-state index contributed by atoms with van der Waals surface area (Å²) < 4.78 is 5.23. The maximum absolute atomic E-state index is 12.6. The maximum atomic E-state index is 12.6. The van der Waals surface area contributed by atoms with E-state index in [0.717, 1.165) is 25.3 Å². The number of nitrogens with zero attached hydrogens (tertiary/aromatic N) is 1. The van der Waals surface area contributed by atoms with Crippen molar-refractivity contribution in [3.8, 4) is 5.75 Å². The quantitative estimate of drug-likeness (QED) is 0.738. The van der Waals surface area contributed by atoms with E-state index in [4.69, 9.17) is 4.74 Å². The van der Waals surface area contributed by atoms with Gasteiger partial charge < -0.3 is 9.64 Å². The van der Waals surface area contributed by atoms with E-state index in [-0.39, 0.29) is 5.91 Å². The Morgan fingerprint density at radius 1 is 1.15 bits per heavy atom. The lowest BCUT2D eigenvalue weighted by molar-refractivity contribution is -0.127. The smallest absolute Gasteiger partial charge is 0.232 e. The minimum atomic E-state index is 0.256. The molecule has 3 nitrogen and oxygen atoms in total. The zero-order chi connectivity index (χ0) is 17.9. The van der Waals surface area contributed by atoms with Gasteiger partial charge in [0.25, 0.3) is 0 Å². The molecule has 1 saturated heterocycles. The maximum Gasteiger partial charge on any atom is 0.232 e. The molecule has 1 aliphatic carbocycles. The molecule has 2 aromatic carbocycles. The summed E-state index contributed by atoms with van der Waals surface area (Å²) >= 11 is 1.68. The first-order valence-electron chi connectivity index (χ1n) is 9.39. The van der Waals surface area contributed by atoms with Crippen LogP contribution in [-0.2, 0) is 17.6 Å². The number of ether oxygens (including phenoxy) is 1. The van der Waals surface area contributed by atoms with E-state index in [0.29, 0.717) is 11.7 Å². The topological polar surface area (TPSA) is 29.5 Å². The van der Waals surface area contributed by atoms with Crippen molar-refractivity contribution >= 4 is 17.7 Å². The minimum Gasteiger partial charge on any atom is -0.497 e. The van der Waals surface area contributed by atoms with Crippen molar-refractivity contribution < 1.29 is 9.53 Å². The second kappa shape index (κ2) is 7.75. The third kappa shape index (κ3) is 3.75. The number of likely N-dealkylation sites (tertiary alicyclic amines) is 1. The minimum absolute atomic E-state index is 0.256. The summed E-state index contributed by atoms with van der Waals surface area (Å²) in [5, 5.41) is 0. The fraction of sp³-hybridized carbons (Fsp3) is 0.409. The number of aryl methyl sites for hydroxylation is 2. The van der Waals surface area contributed by atoms with Crippen LogP contribution in [0.5, 0.6) is 5.75 Å². The lowest BCUT2D eigenvalue weighted by atomic mass is 9.98. The predicted molar refractivity (Wildman–Crippen MR) is 106 cm³/mol. The van der Waals surface area contributed by atoms with Crippen molar-refractivity contribution in [1.82, 2.24) is 4.90 Å². The fourth-order valence-electron chi connectivity index (χ4n) is 4.01. The van der Waals surface area contributed by atoms with Crippen LogP contribution in [0, 0.1) is 0 Å². The number of methoxy groups -OCH3 is 1. The van der Waals surface area contributed by atoms with Crippen molar-refractivity contribution in [2.24, 2.45) is 0 Å². The highest BCUT2D eigenvalue weighted by atomic mass is 32.2. The van der Waals surface area contributed by atoms with Crippen molar-refractivity contribution in [3.05, 3.63) is 59.2 Å². The molecule has 0 N–H and O–H groups in total. The van der Waals surface area contributed by atoms with Crippen molar-refractivity contribution in [2.75, 3.05) is 26.0 Å². The number of thioether (sulfide) groups is 1. The Labute approximate surface area is 159 Å². The fourth-order valence-corrected chi connectivity index (χ4v) is 4.87. The normalized spacial score (nSPS) is 18.8. The number of hydrogen-bond acceptors (Lipinski definition) is 3. The molecule has 2 aromatic rings. The molecule has 0 bridgehead atoms. The molecular weight excluding hydrogens is 342 g/mol. The molecule has 4 rings (SSSR count). The zero-order valence-electron chi connectivity index (χ0n) is 15.2. The van der Waals surface area contributed by atoms with Crippen molar-refractivity contribution in [2.45, 2.75) is 36.5 Å². The highest BCUT2D eigenvalue weighted by Gasteiger charge is 2.27. The van der Waals surface area contributed by atoms with Crippen LogP contribution in [0.4, 0.5) is 0 Å². The van der Waals surface area contributed by atoms with Crippen LogP contribution in [0.15, 0.2) is 47.4 Å². The van der Waals surface area contributed by atoms with Crippen molar-refractivity contribution in [1.29, 1.82) is 0 Å². The first-order chi connectivity index (χ1) is 12.7. The standard InChI is InChI=1S/C22H25NO2S/c1-25-20-8-5-17(6-9-20)19-11-12-23(14-19)22(24)15-26-21-10-7-16-3-2-4-18(16)13-21/h5-10,13,19H,2-4,11-12,14-15H2,1H3. The third-order valence-electron chi connectivity index (χ3n) is 5.56. The molecule has 136 valence electrons. The lowest BCUT2D eigenvalue weighted by Crippen LogP contribution is -2.29. The van der Waals surface area contributed by atoms with Crippen LogP contribution < -0.4 is 4.74 Å². The second-order valence-corrected chi connectivity index (χ2v) is 8.22. The van der Waals surface area contributed by atoms with Crippen LogP contribution in [0.25, 0.3) is 0 Å². The number of carbonyl (C=O) groups is 1. The van der Waals surface area contributed by atoms with E-state index in [1.54, 1.807) is 18.9 Å². The Bertz CT molecular complexity index is 787. The number of benzene rings is 2. The predicted octanol–water partition coefficient (Wildman–Crippen LogP) is 4.29. The zero-order valence-corrected chi connectivity index (χ0v) is 16.1. The van der Waals surface area contributed by atoms with Crippen LogP contribution >= 0.6 is 11.8 Å². The second-order valence-electron chi connectivity index (χ2n) is 7.17. The van der Waals surface area contributed by atoms with Gasteiger partial charge in [-0.2, -0.15) is 0 Å². The molecule has 1 fully saturated rings. The highest BCUT2D eigenvalue weighted by Crippen LogP contribution is 2.30. The molecule has 2 aliphatic rings. The Morgan fingerprint density at radius 2 is 1.96 bits per heavy atom. The monoisotopic (exact) mass is 367 g/mol. The van der Waals surface area contributed by atoms with E-state index in [1.165, 1.54) is 40.8 Å². The molecule has 26 heavy (non-hydrogen) atoms. The van der Waals surface area contributed by atoms with E-state index < -0.39 is 0 Å². The van der Waals surface area contributed by atoms with Gasteiger partial charge in [0.2, 0.25) is 5.91 Å². The molecule has 0 aromatic heterocycles. The summed E-state index contributed by atoms with van der Waals surface area (Å²) in [7, 11) is 1.68. The first kappa shape index (κ1) is 17.5. The van der Waals surface area contributed by atoms with Gasteiger partial charge in [0.1, 0.15) is 5.75 Å². The number of carbonyl (C=O) groups excluding carboxylic acids is 1. The number of rotatable bonds is 5. The van der Waals surface area contributed by atoms with Crippen LogP contribution in [0.3, 0.4) is 0 Å². The molecule has 0 spiro atoms. The summed E-state index contributed by atoms with van der Waals surface area (Å²) in [5.74, 6) is 2.11. The molecular formula is C22H25NO2S. The molecule has 0 radical (unpaired) electrons. The summed E-state index contributed by atoms with van der Waals surface area (Å²) in [5.41, 5.74) is 4.26. The van der Waals surface area contributed by atoms with Crippen LogP contribution in [-0.4, -0.2) is 36.8 Å². The Kier molecular flexibility index (Phi) is 5.21. The molecule has 1 amide bonds. The van der Waals surface area contributed by atoms with E-state index in [2.05, 4.69) is 30.3 Å². The number of fused-ring (bicyclic) bond motifs is 1. The van der Waals surface area contributed by atoms with Gasteiger partial charge in [0.15, 0.2) is 0 Å². The van der Waals surface area contributed by atoms with Gasteiger partial charge in [-0.3, -0.25) is 4.79 Å². The summed E-state index contributed by atoms with van der Waals surface area (Å²) in [6.07, 6.45) is 4.71. The summed E-state index contributed by atoms with van der Waals surface area (Å²) in [4.78, 5) is 15.9. The Balaban J connectivity index is 1.31. The number of amides is 1. The summed E-state index contributed by atoms with van der Waals surface area (Å²) in [6, 6.07) is 14.9. The van der Waals surface area contributed by atoms with Gasteiger partial charge in [-0.1, -0.05) is 18.2 Å². The third-order valence-corrected chi connectivity index (χ3v) is 6.54. The summed E-state index contributed by atoms with van der Waals surface area (Å²) in [6.45, 7) is 1.69.